The summed E-state index contributed by atoms with van der Waals surface area (Å²) in [4.78, 5) is 14.5. The van der Waals surface area contributed by atoms with Crippen molar-refractivity contribution in [3.05, 3.63) is 35.4 Å². The zero-order chi connectivity index (χ0) is 14.4. The van der Waals surface area contributed by atoms with Crippen LogP contribution >= 0.6 is 0 Å². The highest BCUT2D eigenvalue weighted by Crippen LogP contribution is 2.09. The van der Waals surface area contributed by atoms with E-state index in [-0.39, 0.29) is 11.8 Å². The van der Waals surface area contributed by atoms with E-state index in [9.17, 15) is 0 Å². The first-order valence-corrected chi connectivity index (χ1v) is 6.48. The molecule has 6 nitrogen and oxygen atoms in total. The molecule has 20 heavy (non-hydrogen) atoms. The van der Waals surface area contributed by atoms with Gasteiger partial charge < -0.3 is 4.84 Å². The lowest BCUT2D eigenvalue weighted by atomic mass is 10.0. The maximum absolute atomic E-state index is 8.21. The number of benzene rings is 1. The molecule has 0 spiro atoms. The highest BCUT2D eigenvalue weighted by Gasteiger charge is 2.15. The Morgan fingerprint density at radius 1 is 1.50 bits per heavy atom. The first kappa shape index (κ1) is 14.2. The third-order valence-corrected chi connectivity index (χ3v) is 2.56. The third kappa shape index (κ3) is 3.64. The topological polar surface area (TPSA) is 79.1 Å². The molecule has 1 heterocycles. The van der Waals surface area contributed by atoms with Crippen LogP contribution in [0.1, 0.15) is 25.0 Å². The Labute approximate surface area is 118 Å². The summed E-state index contributed by atoms with van der Waals surface area (Å²) >= 11 is 0. The van der Waals surface area contributed by atoms with Crippen LogP contribution < -0.4 is 5.48 Å². The summed E-state index contributed by atoms with van der Waals surface area (Å²) < 4.78 is 0. The van der Waals surface area contributed by atoms with E-state index in [0.717, 1.165) is 11.1 Å². The van der Waals surface area contributed by atoms with Crippen molar-refractivity contribution in [2.24, 2.45) is 10.1 Å². The van der Waals surface area contributed by atoms with E-state index in [0.29, 0.717) is 19.0 Å². The highest BCUT2D eigenvalue weighted by molar-refractivity contribution is 6.47. The number of hydrogen-bond donors (Lipinski definition) is 2. The first-order valence-electron chi connectivity index (χ1n) is 6.48. The molecule has 1 aliphatic heterocycles. The summed E-state index contributed by atoms with van der Waals surface area (Å²) in [6.07, 6.45) is 1.63. The van der Waals surface area contributed by atoms with E-state index in [1.165, 1.54) is 0 Å². The van der Waals surface area contributed by atoms with E-state index in [1.807, 2.05) is 38.1 Å². The quantitative estimate of drug-likeness (QED) is 0.634. The fraction of sp³-hybridized carbons (Fsp3) is 0.357. The Morgan fingerprint density at radius 2 is 2.30 bits per heavy atom. The Hall–Kier alpha value is -2.21. The molecule has 2 rings (SSSR count). The molecule has 1 aromatic carbocycles. The number of hydrogen-bond acceptors (Lipinski definition) is 6. The SMILES string of the molecule is CC(C)O/N=C/c1ccccc1C(=N)C1=NCCON1. The van der Waals surface area contributed by atoms with Crippen molar-refractivity contribution in [1.29, 1.82) is 5.41 Å². The minimum Gasteiger partial charge on any atom is -0.393 e. The Bertz CT molecular complexity index is 538. The van der Waals surface area contributed by atoms with Crippen LogP contribution in [0.25, 0.3) is 0 Å². The fourth-order valence-electron chi connectivity index (χ4n) is 1.66. The second kappa shape index (κ2) is 6.81. The van der Waals surface area contributed by atoms with E-state index in [2.05, 4.69) is 15.6 Å². The summed E-state index contributed by atoms with van der Waals surface area (Å²) in [6.45, 7) is 4.88. The minimum absolute atomic E-state index is 0.0237. The van der Waals surface area contributed by atoms with Crippen LogP contribution in [0.2, 0.25) is 0 Å². The molecule has 0 saturated carbocycles. The number of hydroxylamine groups is 1. The highest BCUT2D eigenvalue weighted by atomic mass is 16.6. The van der Waals surface area contributed by atoms with Crippen molar-refractivity contribution < 1.29 is 9.68 Å². The lowest BCUT2D eigenvalue weighted by molar-refractivity contribution is 0.0838. The predicted octanol–water partition coefficient (Wildman–Crippen LogP) is 1.75. The van der Waals surface area contributed by atoms with Crippen molar-refractivity contribution in [3.63, 3.8) is 0 Å². The normalized spacial score (nSPS) is 15.1. The van der Waals surface area contributed by atoms with Gasteiger partial charge in [0.25, 0.3) is 0 Å². The molecule has 2 N–H and O–H groups in total. The zero-order valence-corrected chi connectivity index (χ0v) is 11.6. The van der Waals surface area contributed by atoms with Gasteiger partial charge in [0.2, 0.25) is 0 Å². The second-order valence-electron chi connectivity index (χ2n) is 4.53. The van der Waals surface area contributed by atoms with Gasteiger partial charge in [0.15, 0.2) is 5.84 Å². The van der Waals surface area contributed by atoms with Crippen LogP contribution in [-0.2, 0) is 9.68 Å². The Balaban J connectivity index is 2.21. The molecule has 0 unspecified atom stereocenters. The van der Waals surface area contributed by atoms with Gasteiger partial charge in [0, 0.05) is 11.1 Å². The summed E-state index contributed by atoms with van der Waals surface area (Å²) in [6, 6.07) is 7.48. The zero-order valence-electron chi connectivity index (χ0n) is 11.6. The van der Waals surface area contributed by atoms with Gasteiger partial charge in [-0.2, -0.15) is 0 Å². The van der Waals surface area contributed by atoms with E-state index in [1.54, 1.807) is 6.21 Å². The molecule has 6 heteroatoms. The van der Waals surface area contributed by atoms with E-state index >= 15 is 0 Å². The van der Waals surface area contributed by atoms with E-state index in [4.69, 9.17) is 15.1 Å². The molecule has 0 radical (unpaired) electrons. The number of aliphatic imine (C=N–C) groups is 1. The molecule has 0 bridgehead atoms. The van der Waals surface area contributed by atoms with Gasteiger partial charge in [0.1, 0.15) is 11.8 Å². The Morgan fingerprint density at radius 3 is 3.00 bits per heavy atom. The van der Waals surface area contributed by atoms with Gasteiger partial charge in [-0.25, -0.2) is 5.48 Å². The molecule has 0 fully saturated rings. The molecule has 0 atom stereocenters. The van der Waals surface area contributed by atoms with Crippen molar-refractivity contribution >= 4 is 17.8 Å². The molecule has 0 saturated heterocycles. The maximum atomic E-state index is 8.21. The third-order valence-electron chi connectivity index (χ3n) is 2.56. The molecule has 1 aliphatic rings. The summed E-state index contributed by atoms with van der Waals surface area (Å²) in [5.74, 6) is 0.432. The average Bonchev–Trinajstić information content (AvgIpc) is 2.47. The second-order valence-corrected chi connectivity index (χ2v) is 4.53. The van der Waals surface area contributed by atoms with Crippen molar-refractivity contribution in [3.8, 4) is 0 Å². The molecular weight excluding hydrogens is 256 g/mol. The van der Waals surface area contributed by atoms with Gasteiger partial charge in [-0.15, -0.1) is 0 Å². The van der Waals surface area contributed by atoms with Gasteiger partial charge in [0.05, 0.1) is 19.4 Å². The molecule has 1 aromatic rings. The summed E-state index contributed by atoms with van der Waals surface area (Å²) in [5.41, 5.74) is 4.46. The van der Waals surface area contributed by atoms with Crippen molar-refractivity contribution in [2.45, 2.75) is 20.0 Å². The average molecular weight is 274 g/mol. The van der Waals surface area contributed by atoms with E-state index < -0.39 is 0 Å². The fourth-order valence-corrected chi connectivity index (χ4v) is 1.66. The van der Waals surface area contributed by atoms with Gasteiger partial charge in [-0.1, -0.05) is 29.4 Å². The molecule has 0 amide bonds. The number of rotatable bonds is 5. The summed E-state index contributed by atoms with van der Waals surface area (Å²) in [5, 5.41) is 12.1. The predicted molar refractivity (Wildman–Crippen MR) is 78.5 cm³/mol. The molecule has 0 aromatic heterocycles. The van der Waals surface area contributed by atoms with Crippen LogP contribution in [0.15, 0.2) is 34.4 Å². The minimum atomic E-state index is 0.0237. The maximum Gasteiger partial charge on any atom is 0.171 e. The number of amidine groups is 1. The molecular formula is C14H18N4O2. The first-order chi connectivity index (χ1) is 9.68. The lowest BCUT2D eigenvalue weighted by Gasteiger charge is -2.16. The van der Waals surface area contributed by atoms with Crippen LogP contribution in [0.3, 0.4) is 0 Å². The van der Waals surface area contributed by atoms with Crippen molar-refractivity contribution in [1.82, 2.24) is 5.48 Å². The number of nitrogens with zero attached hydrogens (tertiary/aromatic N) is 2. The summed E-state index contributed by atoms with van der Waals surface area (Å²) in [7, 11) is 0. The van der Waals surface area contributed by atoms with Crippen LogP contribution in [0, 0.1) is 5.41 Å². The lowest BCUT2D eigenvalue weighted by Crippen LogP contribution is -2.36. The smallest absolute Gasteiger partial charge is 0.171 e. The monoisotopic (exact) mass is 274 g/mol. The van der Waals surface area contributed by atoms with Crippen LogP contribution in [0.4, 0.5) is 0 Å². The van der Waals surface area contributed by atoms with Gasteiger partial charge >= 0.3 is 0 Å². The van der Waals surface area contributed by atoms with Gasteiger partial charge in [-0.3, -0.25) is 15.2 Å². The standard InChI is InChI=1S/C14H18N4O2/c1-10(2)20-17-9-11-5-3-4-6-12(11)13(15)14-16-7-8-19-18-14/h3-6,9-10,15H,7-8H2,1-2H3,(H,16,18)/b15-13?,17-9+. The van der Waals surface area contributed by atoms with Gasteiger partial charge in [-0.05, 0) is 13.8 Å². The van der Waals surface area contributed by atoms with Crippen LogP contribution in [0.5, 0.6) is 0 Å². The molecule has 0 aliphatic carbocycles. The Kier molecular flexibility index (Phi) is 4.84. The number of nitrogens with one attached hydrogen (secondary N) is 2. The molecule has 106 valence electrons. The largest absolute Gasteiger partial charge is 0.393 e. The van der Waals surface area contributed by atoms with Crippen molar-refractivity contribution in [2.75, 3.05) is 13.2 Å². The number of oxime groups is 1. The van der Waals surface area contributed by atoms with Crippen LogP contribution in [-0.4, -0.2) is 37.0 Å².